The first-order valence-electron chi connectivity index (χ1n) is 20.3. The first-order valence-corrected chi connectivity index (χ1v) is 9.32. The van der Waals surface area contributed by atoms with Crippen molar-refractivity contribution in [3.05, 3.63) is 64.6 Å². The zero-order chi connectivity index (χ0) is 42.4. The molecule has 2 aromatic carbocycles. The maximum Gasteiger partial charge on any atom is 0.255 e. The predicted octanol–water partition coefficient (Wildman–Crippen LogP) is 1.89. The lowest BCUT2D eigenvalue weighted by molar-refractivity contribution is -0.136. The summed E-state index contributed by atoms with van der Waals surface area (Å²) in [6, 6.07) is -12.1. The molecule has 0 saturated carbocycles. The van der Waals surface area contributed by atoms with E-state index in [0.29, 0.717) is 0 Å². The Hall–Kier alpha value is -3.23. The SMILES string of the molecule is [2H]c1c([2H])c(NC([2H])([2H])c2c([2H])c([2H])c(C([2H])([2H])N3C([2H])([2H])C([2H])([2H])OC([2H])([2H])C3([2H])[2H])c([2H])c2[2H])c2c(c1[2H])C(=O)N([C@]1([2H])CCC(=O)NC1=O)C2([2H])[2H]. The number of fused-ring (bicyclic) bond motifs is 1. The number of anilines is 1. The Kier molecular flexibility index (Phi) is 2.24. The number of imide groups is 1. The highest BCUT2D eigenvalue weighted by Crippen LogP contribution is 2.32. The molecule has 0 aromatic heterocycles. The van der Waals surface area contributed by atoms with Gasteiger partial charge in [-0.2, -0.15) is 0 Å². The van der Waals surface area contributed by atoms with Crippen LogP contribution in [0.5, 0.6) is 0 Å². The van der Waals surface area contributed by atoms with Crippen molar-refractivity contribution in [1.82, 2.24) is 15.1 Å². The minimum atomic E-state index is -3.97. The molecule has 0 unspecified atom stereocenters. The molecule has 33 heavy (non-hydrogen) atoms. The lowest BCUT2D eigenvalue weighted by Gasteiger charge is -2.29. The van der Waals surface area contributed by atoms with Crippen LogP contribution in [0.25, 0.3) is 0 Å². The van der Waals surface area contributed by atoms with Gasteiger partial charge in [0, 0.05) is 63.9 Å². The highest BCUT2D eigenvalue weighted by molar-refractivity contribution is 6.06. The number of nitrogens with zero attached hydrogens (tertiary/aromatic N) is 2. The molecule has 3 heterocycles. The number of rotatable bonds is 6. The Morgan fingerprint density at radius 1 is 1.15 bits per heavy atom. The number of nitrogens with one attached hydrogen (secondary N) is 2. The molecule has 8 nitrogen and oxygen atoms in total. The Balaban J connectivity index is 1.69. The number of ether oxygens (including phenoxy) is 1. The second-order valence-corrected chi connectivity index (χ2v) is 6.55. The van der Waals surface area contributed by atoms with Crippen LogP contribution < -0.4 is 10.6 Å². The van der Waals surface area contributed by atoms with Crippen LogP contribution in [0.15, 0.2) is 42.3 Å². The normalized spacial score (nSPS) is 41.6. The van der Waals surface area contributed by atoms with Crippen molar-refractivity contribution in [3.63, 3.8) is 0 Å². The van der Waals surface area contributed by atoms with Gasteiger partial charge in [0.05, 0.1) is 35.1 Å². The van der Waals surface area contributed by atoms with E-state index in [1.165, 1.54) is 0 Å². The first-order chi connectivity index (χ1) is 24.6. The minimum Gasteiger partial charge on any atom is -0.381 e. The average molecular weight is 471 g/mol. The number of hydrogen-bond acceptors (Lipinski definition) is 6. The Morgan fingerprint density at radius 3 is 2.67 bits per heavy atom. The van der Waals surface area contributed by atoms with E-state index in [9.17, 15) is 14.4 Å². The zero-order valence-electron chi connectivity index (χ0n) is 38.4. The third-order valence-electron chi connectivity index (χ3n) is 4.47. The number of carbonyl (C=O) groups excluding carboxylic acids is 3. The molecule has 0 radical (unpaired) electrons. The van der Waals surface area contributed by atoms with Gasteiger partial charge in [-0.25, -0.2) is 0 Å². The van der Waals surface area contributed by atoms with Gasteiger partial charge in [-0.15, -0.1) is 0 Å². The summed E-state index contributed by atoms with van der Waals surface area (Å²) in [6.45, 7) is -26.3. The third-order valence-corrected chi connectivity index (χ3v) is 4.47. The number of benzene rings is 2. The number of hydrogen-bond donors (Lipinski definition) is 2. The van der Waals surface area contributed by atoms with E-state index in [-0.39, 0.29) is 4.90 Å². The Morgan fingerprint density at radius 2 is 1.91 bits per heavy atom. The van der Waals surface area contributed by atoms with Crippen LogP contribution >= 0.6 is 0 Å². The number of morpholine rings is 1. The number of piperidine rings is 1. The van der Waals surface area contributed by atoms with Gasteiger partial charge >= 0.3 is 0 Å². The van der Waals surface area contributed by atoms with Crippen molar-refractivity contribution in [2.75, 3.05) is 31.4 Å². The topological polar surface area (TPSA) is 91.0 Å². The van der Waals surface area contributed by atoms with Crippen molar-refractivity contribution < 1.29 is 49.3 Å². The summed E-state index contributed by atoms with van der Waals surface area (Å²) in [4.78, 5) is 37.7. The van der Waals surface area contributed by atoms with Crippen LogP contribution in [0, 0.1) is 0 Å². The molecule has 3 aliphatic heterocycles. The summed E-state index contributed by atoms with van der Waals surface area (Å²) >= 11 is 0. The second kappa shape index (κ2) is 9.33. The van der Waals surface area contributed by atoms with Crippen molar-refractivity contribution in [1.29, 1.82) is 0 Å². The Bertz CT molecular complexity index is 2020. The zero-order valence-corrected chi connectivity index (χ0v) is 16.4. The molecule has 3 aliphatic rings. The molecule has 172 valence electrons. The molecule has 2 N–H and O–H groups in total. The molecule has 0 aliphatic carbocycles. The van der Waals surface area contributed by atoms with Crippen molar-refractivity contribution >= 4 is 23.4 Å². The molecule has 5 rings (SSSR count). The molecule has 2 saturated heterocycles. The fourth-order valence-electron chi connectivity index (χ4n) is 2.97. The molecule has 2 aromatic rings. The molecule has 3 amide bonds. The van der Waals surface area contributed by atoms with E-state index < -0.39 is 157 Å². The summed E-state index contributed by atoms with van der Waals surface area (Å²) in [7, 11) is 0. The van der Waals surface area contributed by atoms with Crippen LogP contribution in [-0.4, -0.2) is 59.7 Å². The highest BCUT2D eigenvalue weighted by atomic mass is 16.5. The molecule has 8 heteroatoms. The van der Waals surface area contributed by atoms with Crippen molar-refractivity contribution in [2.24, 2.45) is 0 Å². The van der Waals surface area contributed by atoms with Gasteiger partial charge in [0.25, 0.3) is 5.91 Å². The fraction of sp³-hybridized carbons (Fsp3) is 0.400. The third kappa shape index (κ3) is 4.62. The highest BCUT2D eigenvalue weighted by Gasteiger charge is 2.39. The van der Waals surface area contributed by atoms with Gasteiger partial charge in [-0.3, -0.25) is 24.6 Å². The van der Waals surface area contributed by atoms with Crippen LogP contribution in [0.1, 0.15) is 70.0 Å². The second-order valence-electron chi connectivity index (χ2n) is 6.55. The Labute approximate surface area is 223 Å². The first kappa shape index (κ1) is 7.92. The van der Waals surface area contributed by atoms with E-state index >= 15 is 0 Å². The summed E-state index contributed by atoms with van der Waals surface area (Å²) in [5.74, 6) is -3.81. The quantitative estimate of drug-likeness (QED) is 0.627. The summed E-state index contributed by atoms with van der Waals surface area (Å²) in [5, 5.41) is 3.77. The minimum absolute atomic E-state index is 0.0460. The van der Waals surface area contributed by atoms with Gasteiger partial charge in [0.1, 0.15) is 6.02 Å². The van der Waals surface area contributed by atoms with E-state index in [4.69, 9.17) is 30.2 Å². The van der Waals surface area contributed by atoms with Crippen LogP contribution in [0.4, 0.5) is 5.69 Å². The predicted molar refractivity (Wildman–Crippen MR) is 122 cm³/mol. The average Bonchev–Trinajstić information content (AvgIpc) is 3.22. The molecule has 2 fully saturated rings. The maximum atomic E-state index is 13.7. The van der Waals surface area contributed by atoms with Crippen molar-refractivity contribution in [3.8, 4) is 0 Å². The van der Waals surface area contributed by atoms with Gasteiger partial charge in [-0.1, -0.05) is 30.2 Å². The monoisotopic (exact) mass is 470 g/mol. The standard InChI is InChI=1S/C25H28N4O4/c30-23-9-8-22(24(31)27-23)29-16-20-19(25(29)32)2-1-3-21(20)26-14-17-4-6-18(7-5-17)15-28-10-12-33-13-11-28/h1-7,22,26H,8-16H2,(H,27,30,31)/t22-/m1/s1/i1D,2D,3D,4D,5D,6D,7D,10D2,11D2,12D2,13D2,14D2,15D2,16D2,22D. The van der Waals surface area contributed by atoms with Gasteiger partial charge in [-0.05, 0) is 29.6 Å². The van der Waals surface area contributed by atoms with Gasteiger partial charge in [0.15, 0.2) is 0 Å². The molecule has 0 spiro atoms. The van der Waals surface area contributed by atoms with E-state index in [1.807, 2.05) is 5.32 Å². The van der Waals surface area contributed by atoms with Gasteiger partial charge in [0.2, 0.25) is 11.8 Å². The summed E-state index contributed by atoms with van der Waals surface area (Å²) in [6.07, 6.45) is -1.26. The largest absolute Gasteiger partial charge is 0.381 e. The van der Waals surface area contributed by atoms with E-state index in [1.54, 1.807) is 5.32 Å². The lowest BCUT2D eigenvalue weighted by Crippen LogP contribution is -2.52. The smallest absolute Gasteiger partial charge is 0.255 e. The van der Waals surface area contributed by atoms with E-state index in [0.717, 1.165) is 0 Å². The summed E-state index contributed by atoms with van der Waals surface area (Å²) in [5.41, 5.74) is -5.97. The number of carbonyl (C=O) groups is 3. The fourth-order valence-corrected chi connectivity index (χ4v) is 2.97. The molecule has 1 atom stereocenters. The summed E-state index contributed by atoms with van der Waals surface area (Å²) < 4.78 is 190. The van der Waals surface area contributed by atoms with Crippen LogP contribution in [0.2, 0.25) is 0 Å². The molecule has 0 bridgehead atoms. The van der Waals surface area contributed by atoms with Crippen LogP contribution in [-0.2, 0) is 33.8 Å². The number of amides is 3. The molecular formula is C25H28N4O4. The lowest BCUT2D eigenvalue weighted by atomic mass is 10.0. The maximum absolute atomic E-state index is 13.7. The van der Waals surface area contributed by atoms with Gasteiger partial charge < -0.3 is 15.0 Å². The molecular weight excluding hydrogens is 420 g/mol. The van der Waals surface area contributed by atoms with E-state index in [2.05, 4.69) is 4.74 Å². The van der Waals surface area contributed by atoms with Crippen LogP contribution in [0.3, 0.4) is 0 Å². The van der Waals surface area contributed by atoms with Crippen molar-refractivity contribution in [2.45, 2.75) is 38.4 Å².